The SMILES string of the molecule is C=C(C)C(=O)NCCC[N+](C)(C)CC1=CC(C)C(C(c2ccc(C[N+](C)(C)CCCNC(=O)C(=C)C)cc2)(C(F)(F)F)C(F)(F)F)C=C1. The zero-order chi connectivity index (χ0) is 36.7. The highest BCUT2D eigenvalue weighted by molar-refractivity contribution is 5.92. The molecule has 2 amide bonds. The van der Waals surface area contributed by atoms with Crippen molar-refractivity contribution in [1.29, 1.82) is 0 Å². The summed E-state index contributed by atoms with van der Waals surface area (Å²) in [7, 11) is 7.66. The maximum Gasteiger partial charge on any atom is 0.407 e. The van der Waals surface area contributed by atoms with Gasteiger partial charge in [-0.15, -0.1) is 0 Å². The van der Waals surface area contributed by atoms with Crippen molar-refractivity contribution in [2.24, 2.45) is 11.8 Å². The first-order chi connectivity index (χ1) is 21.9. The maximum absolute atomic E-state index is 15.0. The molecule has 0 aromatic heterocycles. The van der Waals surface area contributed by atoms with Gasteiger partial charge in [0.1, 0.15) is 13.1 Å². The molecule has 2 unspecified atom stereocenters. The Hall–Kier alpha value is -3.38. The highest BCUT2D eigenvalue weighted by atomic mass is 19.4. The zero-order valence-electron chi connectivity index (χ0n) is 29.2. The highest BCUT2D eigenvalue weighted by Gasteiger charge is 2.74. The molecule has 2 N–H and O–H groups in total. The van der Waals surface area contributed by atoms with E-state index >= 15 is 0 Å². The lowest BCUT2D eigenvalue weighted by atomic mass is 9.62. The van der Waals surface area contributed by atoms with Crippen molar-refractivity contribution < 1.29 is 44.9 Å². The van der Waals surface area contributed by atoms with E-state index in [4.69, 9.17) is 0 Å². The van der Waals surface area contributed by atoms with E-state index in [1.807, 2.05) is 28.2 Å². The van der Waals surface area contributed by atoms with Gasteiger partial charge in [0.2, 0.25) is 11.8 Å². The number of alkyl halides is 6. The molecule has 2 atom stereocenters. The molecule has 48 heavy (non-hydrogen) atoms. The van der Waals surface area contributed by atoms with Crippen LogP contribution < -0.4 is 10.6 Å². The summed E-state index contributed by atoms with van der Waals surface area (Å²) >= 11 is 0. The molecule has 1 aromatic carbocycles. The van der Waals surface area contributed by atoms with Crippen LogP contribution in [0.1, 0.15) is 44.7 Å². The molecule has 0 saturated heterocycles. The first kappa shape index (κ1) is 40.8. The number of hydrogen-bond acceptors (Lipinski definition) is 2. The van der Waals surface area contributed by atoms with Crippen molar-refractivity contribution >= 4 is 11.8 Å². The van der Waals surface area contributed by atoms with Crippen LogP contribution in [0.3, 0.4) is 0 Å². The molecule has 0 bridgehead atoms. The van der Waals surface area contributed by atoms with Crippen molar-refractivity contribution in [3.8, 4) is 0 Å². The van der Waals surface area contributed by atoms with Gasteiger partial charge < -0.3 is 19.6 Å². The van der Waals surface area contributed by atoms with Gasteiger partial charge in [-0.1, -0.05) is 62.6 Å². The summed E-state index contributed by atoms with van der Waals surface area (Å²) in [6, 6.07) is 4.63. The van der Waals surface area contributed by atoms with Gasteiger partial charge in [-0.05, 0) is 25.3 Å². The predicted octanol–water partition coefficient (Wildman–Crippen LogP) is 6.62. The fourth-order valence-corrected chi connectivity index (χ4v) is 6.34. The van der Waals surface area contributed by atoms with E-state index in [1.54, 1.807) is 13.8 Å². The molecule has 6 nitrogen and oxygen atoms in total. The number of quaternary nitrogens is 2. The first-order valence-corrected chi connectivity index (χ1v) is 16.1. The van der Waals surface area contributed by atoms with Crippen LogP contribution in [-0.2, 0) is 21.5 Å². The summed E-state index contributed by atoms with van der Waals surface area (Å²) in [6.07, 6.45) is -6.01. The summed E-state index contributed by atoms with van der Waals surface area (Å²) in [6.45, 7) is 14.6. The maximum atomic E-state index is 15.0. The van der Waals surface area contributed by atoms with Crippen LogP contribution in [0, 0.1) is 11.8 Å². The molecule has 268 valence electrons. The minimum absolute atomic E-state index is 0.244. The molecule has 0 radical (unpaired) electrons. The molecule has 0 fully saturated rings. The Morgan fingerprint density at radius 2 is 1.21 bits per heavy atom. The van der Waals surface area contributed by atoms with Crippen molar-refractivity contribution in [3.63, 3.8) is 0 Å². The number of nitrogens with zero attached hydrogens (tertiary/aromatic N) is 2. The summed E-state index contributed by atoms with van der Waals surface area (Å²) in [4.78, 5) is 23.4. The van der Waals surface area contributed by atoms with Crippen LogP contribution in [0.25, 0.3) is 0 Å². The van der Waals surface area contributed by atoms with Gasteiger partial charge in [-0.2, -0.15) is 26.3 Å². The zero-order valence-corrected chi connectivity index (χ0v) is 29.2. The Kier molecular flexibility index (Phi) is 13.5. The Labute approximate surface area is 281 Å². The van der Waals surface area contributed by atoms with Crippen LogP contribution in [0.4, 0.5) is 26.3 Å². The molecule has 0 heterocycles. The number of amides is 2. The number of carbonyl (C=O) groups is 2. The van der Waals surface area contributed by atoms with Crippen LogP contribution in [0.5, 0.6) is 0 Å². The van der Waals surface area contributed by atoms with Gasteiger partial charge in [0.15, 0.2) is 5.41 Å². The van der Waals surface area contributed by atoms with Crippen LogP contribution in [0.15, 0.2) is 72.4 Å². The van der Waals surface area contributed by atoms with Gasteiger partial charge in [0.05, 0.1) is 41.3 Å². The number of nitrogens with one attached hydrogen (secondary N) is 2. The fraction of sp³-hybridized carbons (Fsp3) is 0.556. The predicted molar refractivity (Wildman–Crippen MR) is 178 cm³/mol. The molecular formula is C36H52F6N4O2+2. The van der Waals surface area contributed by atoms with Gasteiger partial charge in [0.25, 0.3) is 0 Å². The normalized spacial score (nSPS) is 17.5. The Morgan fingerprint density at radius 1 is 0.771 bits per heavy atom. The molecular weight excluding hydrogens is 634 g/mol. The van der Waals surface area contributed by atoms with Crippen molar-refractivity contribution in [2.75, 3.05) is 60.9 Å². The van der Waals surface area contributed by atoms with Gasteiger partial charge in [-0.3, -0.25) is 9.59 Å². The first-order valence-electron chi connectivity index (χ1n) is 16.1. The number of carbonyl (C=O) groups excluding carboxylic acids is 2. The topological polar surface area (TPSA) is 58.2 Å². The lowest BCUT2D eigenvalue weighted by Gasteiger charge is -2.45. The number of hydrogen-bond donors (Lipinski definition) is 2. The third-order valence-electron chi connectivity index (χ3n) is 8.81. The third kappa shape index (κ3) is 10.6. The molecule has 2 rings (SSSR count). The summed E-state index contributed by atoms with van der Waals surface area (Å²) in [5.74, 6) is -3.47. The number of halogens is 6. The fourth-order valence-electron chi connectivity index (χ4n) is 6.34. The van der Waals surface area contributed by atoms with Gasteiger partial charge >= 0.3 is 12.4 Å². The van der Waals surface area contributed by atoms with E-state index in [-0.39, 0.29) is 11.8 Å². The number of benzene rings is 1. The van der Waals surface area contributed by atoms with Crippen molar-refractivity contribution in [3.05, 3.63) is 83.5 Å². The molecule has 1 aromatic rings. The quantitative estimate of drug-likeness (QED) is 0.0890. The molecule has 0 aliphatic heterocycles. The van der Waals surface area contributed by atoms with E-state index in [0.717, 1.165) is 18.2 Å². The van der Waals surface area contributed by atoms with E-state index in [9.17, 15) is 35.9 Å². The second-order valence-corrected chi connectivity index (χ2v) is 14.4. The largest absolute Gasteiger partial charge is 0.407 e. The van der Waals surface area contributed by atoms with E-state index in [2.05, 4.69) is 23.8 Å². The van der Waals surface area contributed by atoms with E-state index < -0.39 is 35.2 Å². The third-order valence-corrected chi connectivity index (χ3v) is 8.81. The molecule has 1 aliphatic carbocycles. The minimum Gasteiger partial charge on any atom is -0.352 e. The second-order valence-electron chi connectivity index (χ2n) is 14.4. The Bertz CT molecular complexity index is 1360. The summed E-state index contributed by atoms with van der Waals surface area (Å²) in [5.41, 5.74) is -2.92. The number of likely N-dealkylation sites (N-methyl/N-ethyl adjacent to an activating group) is 1. The lowest BCUT2D eigenvalue weighted by molar-refractivity contribution is -0.903. The Balaban J connectivity index is 2.27. The van der Waals surface area contributed by atoms with Crippen LogP contribution in [0.2, 0.25) is 0 Å². The number of rotatable bonds is 16. The van der Waals surface area contributed by atoms with Crippen molar-refractivity contribution in [1.82, 2.24) is 10.6 Å². The van der Waals surface area contributed by atoms with Crippen molar-refractivity contribution in [2.45, 2.75) is 57.9 Å². The molecule has 0 saturated carbocycles. The smallest absolute Gasteiger partial charge is 0.352 e. The van der Waals surface area contributed by atoms with Crippen LogP contribution >= 0.6 is 0 Å². The highest BCUT2D eigenvalue weighted by Crippen LogP contribution is 2.59. The average Bonchev–Trinajstić information content (AvgIpc) is 2.93. The summed E-state index contributed by atoms with van der Waals surface area (Å²) < 4.78 is 90.6. The minimum atomic E-state index is -5.63. The van der Waals surface area contributed by atoms with E-state index in [1.165, 1.54) is 31.2 Å². The Morgan fingerprint density at radius 3 is 1.60 bits per heavy atom. The van der Waals surface area contributed by atoms with Crippen LogP contribution in [-0.4, -0.2) is 94.0 Å². The molecule has 1 aliphatic rings. The molecule has 12 heteroatoms. The molecule has 0 spiro atoms. The van der Waals surface area contributed by atoms with Gasteiger partial charge in [0, 0.05) is 54.1 Å². The standard InChI is InChI=1S/C36H50F6N4O2/c1-25(2)32(47)43-18-10-20-45(6,7)23-28-12-15-30(16-13-28)34(35(37,38)39,36(40,41)42)31-17-14-29(22-27(31)5)24-46(8,9)21-11-19-44-33(48)26(3)4/h12-17,22,27,31H,1,3,10-11,18-21,23-24H2,2,4-9H3/p+2. The monoisotopic (exact) mass is 686 g/mol. The lowest BCUT2D eigenvalue weighted by Crippen LogP contribution is -2.60. The van der Waals surface area contributed by atoms with Gasteiger partial charge in [-0.25, -0.2) is 0 Å². The number of allylic oxidation sites excluding steroid dienone is 2. The summed E-state index contributed by atoms with van der Waals surface area (Å²) in [5, 5.41) is 5.51. The second kappa shape index (κ2) is 15.9. The average molecular weight is 687 g/mol. The van der Waals surface area contributed by atoms with E-state index in [0.29, 0.717) is 83.4 Å².